The van der Waals surface area contributed by atoms with E-state index in [1.807, 2.05) is 35.3 Å². The molecule has 0 atom stereocenters. The fraction of sp³-hybridized carbons (Fsp3) is 0.273. The molecule has 0 saturated carbocycles. The Bertz CT molecular complexity index is 430. The summed E-state index contributed by atoms with van der Waals surface area (Å²) in [4.78, 5) is 5.16. The summed E-state index contributed by atoms with van der Waals surface area (Å²) in [7, 11) is 0. The molecule has 15 heavy (non-hydrogen) atoms. The normalized spacial score (nSPS) is 21.7. The molecule has 0 nitrogen and oxygen atoms in total. The van der Waals surface area contributed by atoms with Crippen molar-refractivity contribution in [3.05, 3.63) is 28.1 Å². The van der Waals surface area contributed by atoms with Gasteiger partial charge in [0.1, 0.15) is 0 Å². The fourth-order valence-corrected chi connectivity index (χ4v) is 6.31. The third kappa shape index (κ3) is 2.31. The van der Waals surface area contributed by atoms with E-state index in [1.54, 1.807) is 11.8 Å². The summed E-state index contributed by atoms with van der Waals surface area (Å²) in [6, 6.07) is 0. The summed E-state index contributed by atoms with van der Waals surface area (Å²) in [6.45, 7) is 6.44. The van der Waals surface area contributed by atoms with Crippen LogP contribution in [-0.4, -0.2) is 0 Å². The molecule has 0 bridgehead atoms. The van der Waals surface area contributed by atoms with Crippen molar-refractivity contribution < 1.29 is 0 Å². The van der Waals surface area contributed by atoms with Gasteiger partial charge in [-0.3, -0.25) is 0 Å². The highest BCUT2D eigenvalue weighted by atomic mass is 32.2. The van der Waals surface area contributed by atoms with Crippen LogP contribution in [-0.2, 0) is 0 Å². The number of terminal acetylenes is 1. The van der Waals surface area contributed by atoms with Crippen LogP contribution in [0.25, 0.3) is 0 Å². The highest BCUT2D eigenvalue weighted by Crippen LogP contribution is 2.59. The fourth-order valence-electron chi connectivity index (χ4n) is 1.11. The van der Waals surface area contributed by atoms with Crippen molar-refractivity contribution in [3.8, 4) is 12.3 Å². The molecule has 0 N–H and O–H groups in total. The van der Waals surface area contributed by atoms with E-state index >= 15 is 0 Å². The first kappa shape index (κ1) is 11.7. The van der Waals surface area contributed by atoms with Gasteiger partial charge in [-0.05, 0) is 30.6 Å². The van der Waals surface area contributed by atoms with Crippen LogP contribution >= 0.6 is 47.0 Å². The van der Waals surface area contributed by atoms with Crippen molar-refractivity contribution in [2.45, 2.75) is 20.8 Å². The molecule has 2 heterocycles. The molecule has 0 aromatic heterocycles. The van der Waals surface area contributed by atoms with Gasteiger partial charge >= 0.3 is 0 Å². The highest BCUT2D eigenvalue weighted by Gasteiger charge is 2.24. The molecule has 0 radical (unpaired) electrons. The zero-order valence-corrected chi connectivity index (χ0v) is 12.0. The lowest BCUT2D eigenvalue weighted by Crippen LogP contribution is -1.67. The van der Waals surface area contributed by atoms with Gasteiger partial charge in [-0.15, -0.1) is 6.42 Å². The third-order valence-electron chi connectivity index (χ3n) is 2.05. The van der Waals surface area contributed by atoms with Crippen molar-refractivity contribution in [1.82, 2.24) is 0 Å². The first-order chi connectivity index (χ1) is 7.11. The molecule has 0 amide bonds. The lowest BCUT2D eigenvalue weighted by Gasteiger charge is -2.00. The maximum absolute atomic E-state index is 5.45. The number of hydrogen-bond acceptors (Lipinski definition) is 4. The summed E-state index contributed by atoms with van der Waals surface area (Å²) < 4.78 is 2.75. The van der Waals surface area contributed by atoms with E-state index in [1.165, 1.54) is 23.2 Å². The minimum atomic E-state index is 1.07. The molecule has 0 aromatic rings. The predicted octanol–water partition coefficient (Wildman–Crippen LogP) is 5.19. The average molecular weight is 270 g/mol. The molecule has 4 heteroatoms. The van der Waals surface area contributed by atoms with Crippen LogP contribution in [0.15, 0.2) is 28.1 Å². The Morgan fingerprint density at radius 2 is 1.27 bits per heavy atom. The lowest BCUT2D eigenvalue weighted by molar-refractivity contribution is 1.57. The Morgan fingerprint density at radius 1 is 0.800 bits per heavy atom. The average Bonchev–Trinajstić information content (AvgIpc) is 2.71. The number of rotatable bonds is 0. The zero-order chi connectivity index (χ0) is 11.0. The molecule has 0 aliphatic carbocycles. The van der Waals surface area contributed by atoms with Gasteiger partial charge in [0.15, 0.2) is 0 Å². The Balaban J connectivity index is 2.19. The predicted molar refractivity (Wildman–Crippen MR) is 77.3 cm³/mol. The standard InChI is InChI=1S/C11H10S4/c1-5-9-8(4)14-11(15-9)10-12-6(2)7(3)13-10/h1H,2-4H3. The van der Waals surface area contributed by atoms with Crippen molar-refractivity contribution in [2.24, 2.45) is 0 Å². The van der Waals surface area contributed by atoms with Crippen molar-refractivity contribution >= 4 is 47.0 Å². The van der Waals surface area contributed by atoms with Gasteiger partial charge in [0, 0.05) is 4.91 Å². The number of allylic oxidation sites excluding steroid dienone is 4. The summed E-state index contributed by atoms with van der Waals surface area (Å²) >= 11 is 7.29. The topological polar surface area (TPSA) is 0 Å². The van der Waals surface area contributed by atoms with Crippen LogP contribution in [0.3, 0.4) is 0 Å². The molecule has 2 rings (SSSR count). The van der Waals surface area contributed by atoms with Crippen LogP contribution in [0, 0.1) is 12.3 Å². The van der Waals surface area contributed by atoms with Crippen LogP contribution < -0.4 is 0 Å². The Labute approximate surface area is 108 Å². The van der Waals surface area contributed by atoms with Crippen molar-refractivity contribution in [3.63, 3.8) is 0 Å². The lowest BCUT2D eigenvalue weighted by atomic mass is 10.5. The molecule has 0 aromatic carbocycles. The van der Waals surface area contributed by atoms with E-state index in [9.17, 15) is 0 Å². The summed E-state index contributed by atoms with van der Waals surface area (Å²) in [6.07, 6.45) is 5.45. The van der Waals surface area contributed by atoms with Gasteiger partial charge in [-0.1, -0.05) is 53.0 Å². The third-order valence-corrected chi connectivity index (χ3v) is 7.74. The van der Waals surface area contributed by atoms with E-state index in [-0.39, 0.29) is 0 Å². The molecular weight excluding hydrogens is 260 g/mol. The van der Waals surface area contributed by atoms with Crippen molar-refractivity contribution in [2.75, 3.05) is 0 Å². The Hall–Kier alpha value is 0.180. The smallest absolute Gasteiger partial charge is 0.0720 e. The molecule has 78 valence electrons. The van der Waals surface area contributed by atoms with E-state index in [2.05, 4.69) is 26.7 Å². The van der Waals surface area contributed by atoms with Gasteiger partial charge in [0.05, 0.1) is 13.4 Å². The van der Waals surface area contributed by atoms with E-state index in [0.29, 0.717) is 0 Å². The first-order valence-corrected chi connectivity index (χ1v) is 7.69. The molecular formula is C11H10S4. The van der Waals surface area contributed by atoms with Gasteiger partial charge in [-0.2, -0.15) is 0 Å². The van der Waals surface area contributed by atoms with Gasteiger partial charge in [0.25, 0.3) is 0 Å². The van der Waals surface area contributed by atoms with Gasteiger partial charge in [0.2, 0.25) is 0 Å². The second kappa shape index (κ2) is 4.58. The number of thioether (sulfide) groups is 4. The van der Waals surface area contributed by atoms with E-state index in [0.717, 1.165) is 4.91 Å². The summed E-state index contributed by atoms with van der Waals surface area (Å²) in [5.74, 6) is 2.75. The second-order valence-electron chi connectivity index (χ2n) is 3.13. The van der Waals surface area contributed by atoms with Crippen LogP contribution in [0.2, 0.25) is 0 Å². The minimum Gasteiger partial charge on any atom is -0.114 e. The quantitative estimate of drug-likeness (QED) is 0.555. The molecule has 2 aliphatic heterocycles. The molecule has 0 spiro atoms. The number of hydrogen-bond donors (Lipinski definition) is 0. The second-order valence-corrected chi connectivity index (χ2v) is 8.34. The maximum atomic E-state index is 5.45. The SMILES string of the molecule is C#CC1=C(C)SC(=C2SC(C)=C(C)S2)S1. The first-order valence-electron chi connectivity index (χ1n) is 4.42. The molecule has 0 unspecified atom stereocenters. The van der Waals surface area contributed by atoms with Gasteiger partial charge in [-0.25, -0.2) is 0 Å². The summed E-state index contributed by atoms with van der Waals surface area (Å²) in [5, 5.41) is 0. The van der Waals surface area contributed by atoms with Crippen LogP contribution in [0.4, 0.5) is 0 Å². The van der Waals surface area contributed by atoms with Crippen molar-refractivity contribution in [1.29, 1.82) is 0 Å². The zero-order valence-electron chi connectivity index (χ0n) is 8.71. The molecule has 0 saturated heterocycles. The monoisotopic (exact) mass is 270 g/mol. The van der Waals surface area contributed by atoms with Crippen LogP contribution in [0.5, 0.6) is 0 Å². The van der Waals surface area contributed by atoms with Crippen LogP contribution in [0.1, 0.15) is 20.8 Å². The Kier molecular flexibility index (Phi) is 3.56. The van der Waals surface area contributed by atoms with E-state index < -0.39 is 0 Å². The Morgan fingerprint density at radius 3 is 1.73 bits per heavy atom. The molecule has 2 aliphatic rings. The minimum absolute atomic E-state index is 1.07. The van der Waals surface area contributed by atoms with E-state index in [4.69, 9.17) is 6.42 Å². The molecule has 0 fully saturated rings. The highest BCUT2D eigenvalue weighted by molar-refractivity contribution is 8.34. The largest absolute Gasteiger partial charge is 0.114 e. The van der Waals surface area contributed by atoms with Gasteiger partial charge < -0.3 is 0 Å². The maximum Gasteiger partial charge on any atom is 0.0720 e. The summed E-state index contributed by atoms with van der Waals surface area (Å²) in [5.41, 5.74) is 0.